The van der Waals surface area contributed by atoms with Crippen molar-refractivity contribution in [3.63, 3.8) is 0 Å². The number of benzene rings is 3. The van der Waals surface area contributed by atoms with Crippen LogP contribution in [0.15, 0.2) is 78.9 Å². The van der Waals surface area contributed by atoms with Gasteiger partial charge in [-0.3, -0.25) is 4.79 Å². The minimum absolute atomic E-state index is 0.0187. The number of hydrogen-bond donors (Lipinski definition) is 1. The van der Waals surface area contributed by atoms with Crippen LogP contribution in [0.4, 0.5) is 5.69 Å². The normalized spacial score (nSPS) is 12.0. The zero-order valence-electron chi connectivity index (χ0n) is 15.1. The molecular formula is C23H20N2OS. The molecular weight excluding hydrogens is 352 g/mol. The number of carbonyl (C=O) groups excluding carboxylic acids is 1. The van der Waals surface area contributed by atoms with Crippen molar-refractivity contribution in [2.24, 2.45) is 0 Å². The molecule has 4 heteroatoms. The van der Waals surface area contributed by atoms with E-state index >= 15 is 0 Å². The predicted molar refractivity (Wildman–Crippen MR) is 113 cm³/mol. The number of nitrogens with zero attached hydrogens (tertiary/aromatic N) is 1. The van der Waals surface area contributed by atoms with Crippen LogP contribution >= 0.6 is 11.3 Å². The van der Waals surface area contributed by atoms with E-state index in [0.29, 0.717) is 0 Å². The average molecular weight is 372 g/mol. The van der Waals surface area contributed by atoms with Crippen LogP contribution in [-0.2, 0) is 4.79 Å². The first-order valence-corrected chi connectivity index (χ1v) is 9.88. The van der Waals surface area contributed by atoms with Gasteiger partial charge in [-0.15, -0.1) is 11.3 Å². The Morgan fingerprint density at radius 1 is 1.00 bits per heavy atom. The first-order valence-electron chi connectivity index (χ1n) is 9.06. The fourth-order valence-corrected chi connectivity index (χ4v) is 4.17. The molecule has 1 atom stereocenters. The molecule has 1 N–H and O–H groups in total. The van der Waals surface area contributed by atoms with Gasteiger partial charge in [-0.1, -0.05) is 61.5 Å². The quantitative estimate of drug-likeness (QED) is 0.460. The summed E-state index contributed by atoms with van der Waals surface area (Å²) in [6, 6.07) is 25.9. The van der Waals surface area contributed by atoms with E-state index in [1.165, 1.54) is 0 Å². The zero-order chi connectivity index (χ0) is 18.6. The zero-order valence-corrected chi connectivity index (χ0v) is 15.9. The Morgan fingerprint density at radius 3 is 2.56 bits per heavy atom. The highest BCUT2D eigenvalue weighted by molar-refractivity contribution is 7.21. The minimum atomic E-state index is -0.155. The maximum atomic E-state index is 12.8. The van der Waals surface area contributed by atoms with Gasteiger partial charge in [0.25, 0.3) is 0 Å². The molecule has 134 valence electrons. The van der Waals surface area contributed by atoms with Gasteiger partial charge in [-0.2, -0.15) is 0 Å². The highest BCUT2D eigenvalue weighted by Gasteiger charge is 2.18. The van der Waals surface area contributed by atoms with Gasteiger partial charge < -0.3 is 5.32 Å². The van der Waals surface area contributed by atoms with E-state index in [0.717, 1.165) is 38.5 Å². The van der Waals surface area contributed by atoms with E-state index in [4.69, 9.17) is 4.98 Å². The number of fused-ring (bicyclic) bond motifs is 1. The van der Waals surface area contributed by atoms with Crippen LogP contribution in [-0.4, -0.2) is 10.9 Å². The smallest absolute Gasteiger partial charge is 0.231 e. The number of amides is 1. The largest absolute Gasteiger partial charge is 0.326 e. The number of para-hydroxylation sites is 1. The molecule has 0 fully saturated rings. The van der Waals surface area contributed by atoms with Gasteiger partial charge in [0.1, 0.15) is 5.01 Å². The van der Waals surface area contributed by atoms with Crippen molar-refractivity contribution >= 4 is 33.1 Å². The van der Waals surface area contributed by atoms with Gasteiger partial charge in [0.2, 0.25) is 5.91 Å². The third-order valence-electron chi connectivity index (χ3n) is 4.60. The van der Waals surface area contributed by atoms with Gasteiger partial charge >= 0.3 is 0 Å². The lowest BCUT2D eigenvalue weighted by Gasteiger charge is -2.15. The van der Waals surface area contributed by atoms with Crippen molar-refractivity contribution in [1.82, 2.24) is 4.98 Å². The van der Waals surface area contributed by atoms with Crippen LogP contribution < -0.4 is 5.32 Å². The monoisotopic (exact) mass is 372 g/mol. The summed E-state index contributed by atoms with van der Waals surface area (Å²) in [5.41, 5.74) is 3.86. The molecule has 27 heavy (non-hydrogen) atoms. The van der Waals surface area contributed by atoms with Gasteiger partial charge in [-0.05, 0) is 36.2 Å². The first-order chi connectivity index (χ1) is 13.2. The average Bonchev–Trinajstić information content (AvgIpc) is 3.14. The van der Waals surface area contributed by atoms with Crippen LogP contribution in [0.2, 0.25) is 0 Å². The molecule has 4 rings (SSSR count). The molecule has 0 aliphatic heterocycles. The summed E-state index contributed by atoms with van der Waals surface area (Å²) >= 11 is 1.66. The molecule has 0 radical (unpaired) electrons. The lowest BCUT2D eigenvalue weighted by atomic mass is 9.95. The third kappa shape index (κ3) is 3.76. The lowest BCUT2D eigenvalue weighted by Crippen LogP contribution is -2.20. The Hall–Kier alpha value is -2.98. The maximum absolute atomic E-state index is 12.8. The Bertz CT molecular complexity index is 1040. The van der Waals surface area contributed by atoms with Crippen molar-refractivity contribution in [2.45, 2.75) is 19.3 Å². The van der Waals surface area contributed by atoms with Crippen molar-refractivity contribution in [1.29, 1.82) is 0 Å². The number of rotatable bonds is 5. The van der Waals surface area contributed by atoms with Crippen molar-refractivity contribution in [3.8, 4) is 10.6 Å². The van der Waals surface area contributed by atoms with Crippen LogP contribution in [0.1, 0.15) is 24.8 Å². The fourth-order valence-electron chi connectivity index (χ4n) is 3.21. The van der Waals surface area contributed by atoms with Gasteiger partial charge in [0, 0.05) is 11.3 Å². The van der Waals surface area contributed by atoms with Gasteiger partial charge in [0.15, 0.2) is 0 Å². The van der Waals surface area contributed by atoms with Crippen molar-refractivity contribution < 1.29 is 4.79 Å². The third-order valence-corrected chi connectivity index (χ3v) is 5.68. The van der Waals surface area contributed by atoms with E-state index in [1.54, 1.807) is 11.3 Å². The van der Waals surface area contributed by atoms with E-state index in [-0.39, 0.29) is 11.8 Å². The molecule has 1 aromatic heterocycles. The van der Waals surface area contributed by atoms with Gasteiger partial charge in [-0.25, -0.2) is 4.98 Å². The van der Waals surface area contributed by atoms with Crippen LogP contribution in [0, 0.1) is 0 Å². The van der Waals surface area contributed by atoms with E-state index in [2.05, 4.69) is 11.4 Å². The van der Waals surface area contributed by atoms with Crippen molar-refractivity contribution in [3.05, 3.63) is 84.4 Å². The second-order valence-corrected chi connectivity index (χ2v) is 7.46. The van der Waals surface area contributed by atoms with Crippen LogP contribution in [0.3, 0.4) is 0 Å². The van der Waals surface area contributed by atoms with Crippen molar-refractivity contribution in [2.75, 3.05) is 5.32 Å². The van der Waals surface area contributed by atoms with Gasteiger partial charge in [0.05, 0.1) is 16.1 Å². The molecule has 1 amide bonds. The van der Waals surface area contributed by atoms with E-state index in [1.807, 2.05) is 79.7 Å². The topological polar surface area (TPSA) is 42.0 Å². The Kier molecular flexibility index (Phi) is 4.99. The highest BCUT2D eigenvalue weighted by atomic mass is 32.1. The summed E-state index contributed by atoms with van der Waals surface area (Å²) in [6.07, 6.45) is 0.757. The fraction of sp³-hybridized carbons (Fsp3) is 0.130. The highest BCUT2D eigenvalue weighted by Crippen LogP contribution is 2.31. The van der Waals surface area contributed by atoms with Crippen LogP contribution in [0.25, 0.3) is 20.8 Å². The van der Waals surface area contributed by atoms with E-state index in [9.17, 15) is 4.79 Å². The summed E-state index contributed by atoms with van der Waals surface area (Å²) in [6.45, 7) is 2.04. The Balaban J connectivity index is 1.58. The molecule has 0 aliphatic rings. The molecule has 0 unspecified atom stereocenters. The number of nitrogens with one attached hydrogen (secondary N) is 1. The number of aromatic nitrogens is 1. The number of anilines is 1. The molecule has 0 bridgehead atoms. The number of thiazole rings is 1. The number of carbonyl (C=O) groups is 1. The maximum Gasteiger partial charge on any atom is 0.231 e. The molecule has 1 heterocycles. The molecule has 0 saturated carbocycles. The summed E-state index contributed by atoms with van der Waals surface area (Å²) in [5, 5.41) is 4.03. The Morgan fingerprint density at radius 2 is 1.78 bits per heavy atom. The molecule has 0 spiro atoms. The second kappa shape index (κ2) is 7.72. The molecule has 0 saturated heterocycles. The summed E-state index contributed by atoms with van der Waals surface area (Å²) < 4.78 is 1.16. The summed E-state index contributed by atoms with van der Waals surface area (Å²) in [4.78, 5) is 17.5. The van der Waals surface area contributed by atoms with E-state index < -0.39 is 0 Å². The Labute approximate surface area is 162 Å². The second-order valence-electron chi connectivity index (χ2n) is 6.43. The molecule has 3 aromatic carbocycles. The molecule has 0 aliphatic carbocycles. The first kappa shape index (κ1) is 17.4. The lowest BCUT2D eigenvalue weighted by molar-refractivity contribution is -0.117. The minimum Gasteiger partial charge on any atom is -0.326 e. The predicted octanol–water partition coefficient (Wildman–Crippen LogP) is 6.10. The summed E-state index contributed by atoms with van der Waals surface area (Å²) in [7, 11) is 0. The summed E-state index contributed by atoms with van der Waals surface area (Å²) in [5.74, 6) is -0.137. The SMILES string of the molecule is CC[C@H](C(=O)Nc1cccc(-c2nc3ccccc3s2)c1)c1ccccc1. The number of hydrogen-bond acceptors (Lipinski definition) is 3. The standard InChI is InChI=1S/C23H20N2OS/c1-2-19(16-9-4-3-5-10-16)22(26)24-18-12-8-11-17(15-18)23-25-20-13-6-7-14-21(20)27-23/h3-15,19H,2H2,1H3,(H,24,26)/t19-/m0/s1. The molecule has 4 aromatic rings. The van der Waals surface area contributed by atoms with Crippen LogP contribution in [0.5, 0.6) is 0 Å². The molecule has 3 nitrogen and oxygen atoms in total.